The Balaban J connectivity index is 1.68. The van der Waals surface area contributed by atoms with Gasteiger partial charge in [-0.1, -0.05) is 13.8 Å². The highest BCUT2D eigenvalue weighted by Gasteiger charge is 2.49. The Bertz CT molecular complexity index is 311. The molecule has 4 heteroatoms. The van der Waals surface area contributed by atoms with E-state index in [1.165, 1.54) is 0 Å². The van der Waals surface area contributed by atoms with Crippen LogP contribution < -0.4 is 5.32 Å². The highest BCUT2D eigenvalue weighted by molar-refractivity contribution is 5.76. The lowest BCUT2D eigenvalue weighted by molar-refractivity contribution is -0.137. The van der Waals surface area contributed by atoms with Crippen LogP contribution in [0.3, 0.4) is 0 Å². The summed E-state index contributed by atoms with van der Waals surface area (Å²) in [6.07, 6.45) is 5.20. The fourth-order valence-corrected chi connectivity index (χ4v) is 3.04. The zero-order valence-electron chi connectivity index (χ0n) is 12.4. The number of hydrogen-bond donors (Lipinski definition) is 1. The van der Waals surface area contributed by atoms with Crippen molar-refractivity contribution in [2.75, 3.05) is 13.2 Å². The van der Waals surface area contributed by atoms with Gasteiger partial charge in [0.05, 0.1) is 12.2 Å². The molecule has 1 saturated heterocycles. The third-order valence-corrected chi connectivity index (χ3v) is 4.60. The summed E-state index contributed by atoms with van der Waals surface area (Å²) in [4.78, 5) is 11.9. The second-order valence-corrected chi connectivity index (χ2v) is 6.29. The summed E-state index contributed by atoms with van der Waals surface area (Å²) in [7, 11) is 0. The monoisotopic (exact) mass is 269 g/mol. The first-order valence-electron chi connectivity index (χ1n) is 7.56. The largest absolute Gasteiger partial charge is 0.378 e. The molecule has 2 rings (SSSR count). The fraction of sp³-hybridized carbons (Fsp3) is 0.933. The molecule has 1 N–H and O–H groups in total. The molecule has 0 aromatic heterocycles. The summed E-state index contributed by atoms with van der Waals surface area (Å²) < 4.78 is 11.2. The van der Waals surface area contributed by atoms with Crippen molar-refractivity contribution in [3.8, 4) is 0 Å². The molecule has 0 aromatic rings. The molecule has 19 heavy (non-hydrogen) atoms. The molecule has 1 amide bonds. The van der Waals surface area contributed by atoms with Gasteiger partial charge in [-0.05, 0) is 32.6 Å². The molecule has 0 bridgehead atoms. The summed E-state index contributed by atoms with van der Waals surface area (Å²) in [5.74, 6) is 0.156. The van der Waals surface area contributed by atoms with Crippen molar-refractivity contribution >= 4 is 5.91 Å². The van der Waals surface area contributed by atoms with Crippen molar-refractivity contribution < 1.29 is 14.3 Å². The summed E-state index contributed by atoms with van der Waals surface area (Å²) in [6.45, 7) is 7.96. The number of carbonyl (C=O) groups is 1. The van der Waals surface area contributed by atoms with E-state index in [2.05, 4.69) is 19.2 Å². The Hall–Kier alpha value is -0.610. The van der Waals surface area contributed by atoms with Crippen LogP contribution >= 0.6 is 0 Å². The number of nitrogens with one attached hydrogen (secondary N) is 1. The topological polar surface area (TPSA) is 47.6 Å². The van der Waals surface area contributed by atoms with E-state index in [0.29, 0.717) is 12.5 Å². The van der Waals surface area contributed by atoms with Crippen LogP contribution in [0.1, 0.15) is 52.9 Å². The van der Waals surface area contributed by atoms with Crippen molar-refractivity contribution in [2.24, 2.45) is 5.41 Å². The van der Waals surface area contributed by atoms with E-state index in [1.807, 2.05) is 6.92 Å². The minimum Gasteiger partial charge on any atom is -0.378 e. The smallest absolute Gasteiger partial charge is 0.220 e. The van der Waals surface area contributed by atoms with Crippen LogP contribution in [-0.4, -0.2) is 37.4 Å². The third-order valence-electron chi connectivity index (χ3n) is 4.60. The maximum absolute atomic E-state index is 11.9. The zero-order valence-corrected chi connectivity index (χ0v) is 12.4. The lowest BCUT2D eigenvalue weighted by Crippen LogP contribution is -2.62. The molecular weight excluding hydrogens is 242 g/mol. The molecule has 1 saturated carbocycles. The second kappa shape index (κ2) is 6.23. The van der Waals surface area contributed by atoms with Gasteiger partial charge < -0.3 is 14.8 Å². The predicted molar refractivity (Wildman–Crippen MR) is 74.0 cm³/mol. The van der Waals surface area contributed by atoms with Crippen LogP contribution in [0.5, 0.6) is 0 Å². The molecule has 2 fully saturated rings. The zero-order chi connectivity index (χ0) is 13.9. The van der Waals surface area contributed by atoms with Crippen LogP contribution in [-0.2, 0) is 14.3 Å². The van der Waals surface area contributed by atoms with Gasteiger partial charge in [0.15, 0.2) is 0 Å². The van der Waals surface area contributed by atoms with E-state index in [9.17, 15) is 4.79 Å². The molecular formula is C15H27NO3. The Labute approximate surface area is 116 Å². The SMILES string of the molecule is CCO[C@@H]1C[C@H](NC(=O)CC[C@H]2CCCO2)C1(C)C. The van der Waals surface area contributed by atoms with Crippen molar-refractivity contribution in [3.05, 3.63) is 0 Å². The minimum absolute atomic E-state index is 0.0511. The van der Waals surface area contributed by atoms with Crippen molar-refractivity contribution in [1.29, 1.82) is 0 Å². The standard InChI is InChI=1S/C15H27NO3/c1-4-18-13-10-12(15(13,2)3)16-14(17)8-7-11-6-5-9-19-11/h11-13H,4-10H2,1-3H3,(H,16,17)/t11-,12+,13-/m1/s1. The minimum atomic E-state index is 0.0511. The van der Waals surface area contributed by atoms with Crippen LogP contribution in [0.25, 0.3) is 0 Å². The molecule has 1 aliphatic carbocycles. The molecule has 1 aliphatic heterocycles. The molecule has 2 aliphatic rings. The van der Waals surface area contributed by atoms with Gasteiger partial charge >= 0.3 is 0 Å². The normalized spacial score (nSPS) is 32.9. The molecule has 0 aromatic carbocycles. The van der Waals surface area contributed by atoms with Gasteiger partial charge in [-0.15, -0.1) is 0 Å². The Morgan fingerprint density at radius 1 is 1.47 bits per heavy atom. The van der Waals surface area contributed by atoms with E-state index in [-0.39, 0.29) is 23.5 Å². The summed E-state index contributed by atoms with van der Waals surface area (Å²) in [5, 5.41) is 3.14. The average Bonchev–Trinajstić information content (AvgIpc) is 2.88. The van der Waals surface area contributed by atoms with E-state index in [0.717, 1.165) is 38.9 Å². The first-order chi connectivity index (χ1) is 9.04. The van der Waals surface area contributed by atoms with Gasteiger partial charge in [-0.2, -0.15) is 0 Å². The van der Waals surface area contributed by atoms with E-state index < -0.39 is 0 Å². The Kier molecular flexibility index (Phi) is 4.85. The molecule has 1 heterocycles. The van der Waals surface area contributed by atoms with Gasteiger partial charge in [-0.3, -0.25) is 4.79 Å². The van der Waals surface area contributed by atoms with Crippen LogP contribution in [0.2, 0.25) is 0 Å². The van der Waals surface area contributed by atoms with Gasteiger partial charge in [0.2, 0.25) is 5.91 Å². The van der Waals surface area contributed by atoms with Gasteiger partial charge in [0, 0.05) is 31.1 Å². The summed E-state index contributed by atoms with van der Waals surface area (Å²) in [5.41, 5.74) is 0.0511. The van der Waals surface area contributed by atoms with Crippen molar-refractivity contribution in [3.63, 3.8) is 0 Å². The quantitative estimate of drug-likeness (QED) is 0.804. The first-order valence-corrected chi connectivity index (χ1v) is 7.56. The van der Waals surface area contributed by atoms with Gasteiger partial charge in [0.1, 0.15) is 0 Å². The third kappa shape index (κ3) is 3.48. The van der Waals surface area contributed by atoms with E-state index >= 15 is 0 Å². The average molecular weight is 269 g/mol. The number of rotatable bonds is 6. The summed E-state index contributed by atoms with van der Waals surface area (Å²) >= 11 is 0. The van der Waals surface area contributed by atoms with Crippen LogP contribution in [0.4, 0.5) is 0 Å². The number of carbonyl (C=O) groups excluding carboxylic acids is 1. The molecule has 110 valence electrons. The second-order valence-electron chi connectivity index (χ2n) is 6.29. The fourth-order valence-electron chi connectivity index (χ4n) is 3.04. The highest BCUT2D eigenvalue weighted by atomic mass is 16.5. The molecule has 4 nitrogen and oxygen atoms in total. The molecule has 3 atom stereocenters. The Morgan fingerprint density at radius 2 is 2.26 bits per heavy atom. The molecule has 0 unspecified atom stereocenters. The predicted octanol–water partition coefficient (Wildman–Crippen LogP) is 2.27. The molecule has 0 spiro atoms. The van der Waals surface area contributed by atoms with Crippen molar-refractivity contribution in [1.82, 2.24) is 5.32 Å². The maximum Gasteiger partial charge on any atom is 0.220 e. The van der Waals surface area contributed by atoms with Gasteiger partial charge in [0.25, 0.3) is 0 Å². The van der Waals surface area contributed by atoms with Crippen molar-refractivity contribution in [2.45, 2.75) is 71.1 Å². The lowest BCUT2D eigenvalue weighted by Gasteiger charge is -2.51. The van der Waals surface area contributed by atoms with Crippen LogP contribution in [0, 0.1) is 5.41 Å². The Morgan fingerprint density at radius 3 is 2.84 bits per heavy atom. The van der Waals surface area contributed by atoms with E-state index in [4.69, 9.17) is 9.47 Å². The number of hydrogen-bond acceptors (Lipinski definition) is 3. The first kappa shape index (κ1) is 14.8. The maximum atomic E-state index is 11.9. The van der Waals surface area contributed by atoms with Crippen LogP contribution in [0.15, 0.2) is 0 Å². The number of ether oxygens (including phenoxy) is 2. The van der Waals surface area contributed by atoms with Gasteiger partial charge in [-0.25, -0.2) is 0 Å². The van der Waals surface area contributed by atoms with E-state index in [1.54, 1.807) is 0 Å². The lowest BCUT2D eigenvalue weighted by atomic mass is 9.64. The summed E-state index contributed by atoms with van der Waals surface area (Å²) in [6, 6.07) is 0.251. The highest BCUT2D eigenvalue weighted by Crippen LogP contribution is 2.42. The number of amides is 1. The molecule has 0 radical (unpaired) electrons.